The zero-order valence-corrected chi connectivity index (χ0v) is 42.1. The van der Waals surface area contributed by atoms with Crippen molar-refractivity contribution in [1.82, 2.24) is 5.32 Å². The maximum absolute atomic E-state index is 12.9. The van der Waals surface area contributed by atoms with E-state index in [9.17, 15) is 19.4 Å². The summed E-state index contributed by atoms with van der Waals surface area (Å²) in [5.41, 5.74) is 0. The van der Waals surface area contributed by atoms with Crippen molar-refractivity contribution in [3.63, 3.8) is 0 Å². The van der Waals surface area contributed by atoms with Gasteiger partial charge in [0.25, 0.3) is 7.82 Å². The van der Waals surface area contributed by atoms with Crippen LogP contribution in [0.15, 0.2) is 85.1 Å². The van der Waals surface area contributed by atoms with E-state index in [0.717, 1.165) is 103 Å². The average Bonchev–Trinajstić information content (AvgIpc) is 3.24. The molecule has 0 rings (SSSR count). The van der Waals surface area contributed by atoms with E-state index in [0.29, 0.717) is 23.9 Å². The third kappa shape index (κ3) is 47.5. The smallest absolute Gasteiger partial charge is 0.268 e. The number of amides is 1. The van der Waals surface area contributed by atoms with Gasteiger partial charge in [0.05, 0.1) is 39.9 Å². The monoisotopic (exact) mass is 901 g/mol. The van der Waals surface area contributed by atoms with Crippen molar-refractivity contribution in [3.8, 4) is 0 Å². The van der Waals surface area contributed by atoms with E-state index in [1.807, 2.05) is 21.1 Å². The van der Waals surface area contributed by atoms with E-state index in [1.165, 1.54) is 70.6 Å². The largest absolute Gasteiger partial charge is 0.756 e. The molecule has 63 heavy (non-hydrogen) atoms. The van der Waals surface area contributed by atoms with Crippen LogP contribution in [0.1, 0.15) is 200 Å². The van der Waals surface area contributed by atoms with E-state index in [4.69, 9.17) is 9.05 Å². The van der Waals surface area contributed by atoms with E-state index >= 15 is 0 Å². The molecule has 0 aromatic heterocycles. The van der Waals surface area contributed by atoms with E-state index < -0.39 is 20.0 Å². The van der Waals surface area contributed by atoms with Crippen LogP contribution >= 0.6 is 7.82 Å². The Bertz CT molecular complexity index is 1300. The normalized spacial score (nSPS) is 14.8. The first-order chi connectivity index (χ1) is 30.5. The molecular weight excluding hydrogens is 804 g/mol. The molecule has 0 aromatic rings. The Kier molecular flexibility index (Phi) is 43.2. The van der Waals surface area contributed by atoms with Gasteiger partial charge in [-0.15, -0.1) is 0 Å². The fourth-order valence-electron chi connectivity index (χ4n) is 6.90. The third-order valence-corrected chi connectivity index (χ3v) is 11.9. The fourth-order valence-corrected chi connectivity index (χ4v) is 7.62. The Balaban J connectivity index is 4.30. The minimum absolute atomic E-state index is 0.00349. The quantitative estimate of drug-likeness (QED) is 0.0273. The molecule has 0 saturated carbocycles. The Morgan fingerprint density at radius 1 is 0.571 bits per heavy atom. The lowest BCUT2D eigenvalue weighted by atomic mass is 10.0. The molecule has 3 atom stereocenters. The predicted molar refractivity (Wildman–Crippen MR) is 270 cm³/mol. The highest BCUT2D eigenvalue weighted by atomic mass is 31.2. The number of hydrogen-bond donors (Lipinski definition) is 2. The highest BCUT2D eigenvalue weighted by Gasteiger charge is 2.24. The van der Waals surface area contributed by atoms with Crippen LogP contribution in [0.3, 0.4) is 0 Å². The molecule has 8 nitrogen and oxygen atoms in total. The molecule has 0 saturated heterocycles. The van der Waals surface area contributed by atoms with Crippen LogP contribution in [0.2, 0.25) is 0 Å². The van der Waals surface area contributed by atoms with Gasteiger partial charge in [-0.2, -0.15) is 0 Å². The molecule has 0 fully saturated rings. The number of rotatable bonds is 45. The Morgan fingerprint density at radius 2 is 0.968 bits per heavy atom. The van der Waals surface area contributed by atoms with Gasteiger partial charge in [-0.1, -0.05) is 208 Å². The van der Waals surface area contributed by atoms with Crippen molar-refractivity contribution < 1.29 is 32.9 Å². The van der Waals surface area contributed by atoms with Crippen LogP contribution in [0.5, 0.6) is 0 Å². The molecule has 0 bridgehead atoms. The minimum atomic E-state index is -4.58. The second-order valence-electron chi connectivity index (χ2n) is 18.1. The van der Waals surface area contributed by atoms with Gasteiger partial charge in [0, 0.05) is 6.42 Å². The molecule has 0 aromatic carbocycles. The highest BCUT2D eigenvalue weighted by molar-refractivity contribution is 7.45. The van der Waals surface area contributed by atoms with Crippen molar-refractivity contribution in [2.24, 2.45) is 0 Å². The van der Waals surface area contributed by atoms with Crippen LogP contribution in [-0.4, -0.2) is 68.5 Å². The number of hydrogen-bond acceptors (Lipinski definition) is 6. The molecular formula is C54H97N2O6P. The molecule has 2 N–H and O–H groups in total. The topological polar surface area (TPSA) is 108 Å². The van der Waals surface area contributed by atoms with Crippen molar-refractivity contribution in [2.75, 3.05) is 40.9 Å². The van der Waals surface area contributed by atoms with Gasteiger partial charge in [-0.25, -0.2) is 0 Å². The molecule has 3 unspecified atom stereocenters. The fraction of sp³-hybridized carbons (Fsp3) is 0.722. The maximum atomic E-state index is 12.9. The lowest BCUT2D eigenvalue weighted by Crippen LogP contribution is -2.46. The first kappa shape index (κ1) is 60.7. The van der Waals surface area contributed by atoms with Crippen molar-refractivity contribution in [1.29, 1.82) is 0 Å². The van der Waals surface area contributed by atoms with Gasteiger partial charge in [0.15, 0.2) is 0 Å². The standard InChI is InChI=1S/C54H97N2O6P/c1-6-8-10-12-14-16-18-20-22-23-24-25-26-27-28-29-30-31-32-33-34-36-38-40-42-44-46-48-54(58)55-52(51-62-63(59,60)61-50-49-56(3,4)5)53(57)47-45-43-41-39-37-35-21-19-17-15-13-11-9-7-2/h8,10,14,16,20,22,24-25,27-28,30-31,33-34,52-53,57H,6-7,9,11-13,15,17-19,21,23,26,29,32,35-51H2,1-5H3,(H-,55,58,59,60)/b10-8-,16-14-,22-20-,25-24-,28-27-,31-30-,34-33-. The zero-order chi connectivity index (χ0) is 46.4. The van der Waals surface area contributed by atoms with Crippen LogP contribution in [-0.2, 0) is 18.4 Å². The number of unbranched alkanes of at least 4 members (excludes halogenated alkanes) is 18. The highest BCUT2D eigenvalue weighted by Crippen LogP contribution is 2.38. The SMILES string of the molecule is CC/C=C\C/C=C\C/C=C\C/C=C\C/C=C\C/C=C\C/C=C\CCCCCCCC(=O)NC(COP(=O)([O-])OCC[N+](C)(C)C)C(O)CCCCCCCCCCCCCCCC. The van der Waals surface area contributed by atoms with Crippen molar-refractivity contribution in [2.45, 2.75) is 212 Å². The number of phosphoric ester groups is 1. The zero-order valence-electron chi connectivity index (χ0n) is 41.2. The summed E-state index contributed by atoms with van der Waals surface area (Å²) >= 11 is 0. The number of aliphatic hydroxyl groups excluding tert-OH is 1. The Morgan fingerprint density at radius 3 is 1.41 bits per heavy atom. The molecule has 0 radical (unpaired) electrons. The summed E-state index contributed by atoms with van der Waals surface area (Å²) in [6.45, 7) is 4.58. The lowest BCUT2D eigenvalue weighted by Gasteiger charge is -2.30. The number of likely N-dealkylation sites (N-methyl/N-ethyl adjacent to an activating group) is 1. The third-order valence-electron chi connectivity index (χ3n) is 10.9. The number of nitrogens with one attached hydrogen (secondary N) is 1. The van der Waals surface area contributed by atoms with E-state index in [1.54, 1.807) is 0 Å². The first-order valence-corrected chi connectivity index (χ1v) is 26.9. The predicted octanol–water partition coefficient (Wildman–Crippen LogP) is 14.3. The summed E-state index contributed by atoms with van der Waals surface area (Å²) in [5, 5.41) is 13.9. The van der Waals surface area contributed by atoms with Gasteiger partial charge in [-0.05, 0) is 70.6 Å². The maximum Gasteiger partial charge on any atom is 0.268 e. The van der Waals surface area contributed by atoms with Crippen LogP contribution in [0, 0.1) is 0 Å². The number of carbonyl (C=O) groups is 1. The van der Waals surface area contributed by atoms with Crippen LogP contribution in [0.25, 0.3) is 0 Å². The van der Waals surface area contributed by atoms with Crippen LogP contribution in [0.4, 0.5) is 0 Å². The molecule has 364 valence electrons. The van der Waals surface area contributed by atoms with Crippen molar-refractivity contribution >= 4 is 13.7 Å². The van der Waals surface area contributed by atoms with E-state index in [2.05, 4.69) is 104 Å². The van der Waals surface area contributed by atoms with E-state index in [-0.39, 0.29) is 19.1 Å². The van der Waals surface area contributed by atoms with Crippen molar-refractivity contribution in [3.05, 3.63) is 85.1 Å². The molecule has 9 heteroatoms. The minimum Gasteiger partial charge on any atom is -0.756 e. The first-order valence-electron chi connectivity index (χ1n) is 25.4. The summed E-state index contributed by atoms with van der Waals surface area (Å²) in [5.74, 6) is -0.187. The number of allylic oxidation sites excluding steroid dienone is 14. The number of quaternary nitrogens is 1. The molecule has 0 aliphatic heterocycles. The molecule has 0 aliphatic rings. The number of carbonyl (C=O) groups excluding carboxylic acids is 1. The Labute approximate surface area is 388 Å². The lowest BCUT2D eigenvalue weighted by molar-refractivity contribution is -0.870. The molecule has 0 heterocycles. The van der Waals surface area contributed by atoms with Gasteiger partial charge in [-0.3, -0.25) is 9.36 Å². The van der Waals surface area contributed by atoms with Gasteiger partial charge >= 0.3 is 0 Å². The molecule has 1 amide bonds. The number of nitrogens with zero attached hydrogens (tertiary/aromatic N) is 1. The summed E-state index contributed by atoms with van der Waals surface area (Å²) in [6.07, 6.45) is 61.6. The van der Waals surface area contributed by atoms with Crippen LogP contribution < -0.4 is 10.2 Å². The number of aliphatic hydroxyl groups is 1. The molecule has 0 spiro atoms. The summed E-state index contributed by atoms with van der Waals surface area (Å²) in [7, 11) is 1.28. The summed E-state index contributed by atoms with van der Waals surface area (Å²) in [4.78, 5) is 25.4. The van der Waals surface area contributed by atoms with Gasteiger partial charge in [0.1, 0.15) is 13.2 Å². The number of phosphoric acid groups is 1. The molecule has 0 aliphatic carbocycles. The summed E-state index contributed by atoms with van der Waals surface area (Å²) < 4.78 is 23.3. The van der Waals surface area contributed by atoms with Gasteiger partial charge in [0.2, 0.25) is 5.91 Å². The van der Waals surface area contributed by atoms with Gasteiger partial charge < -0.3 is 28.8 Å². The second-order valence-corrected chi connectivity index (χ2v) is 19.6. The average molecular weight is 901 g/mol. The second kappa shape index (κ2) is 44.9. The summed E-state index contributed by atoms with van der Waals surface area (Å²) in [6, 6.07) is -0.816. The Hall–Kier alpha value is -2.32.